The van der Waals surface area contributed by atoms with E-state index in [-0.39, 0.29) is 23.7 Å². The highest BCUT2D eigenvalue weighted by Crippen LogP contribution is 2.37. The second-order valence-electron chi connectivity index (χ2n) is 13.2. The smallest absolute Gasteiger partial charge is 0.243 e. The van der Waals surface area contributed by atoms with Gasteiger partial charge in [0.2, 0.25) is 21.8 Å². The number of nitrogens with zero attached hydrogens (tertiary/aromatic N) is 3. The molecule has 1 aromatic heterocycles. The molecule has 12 heteroatoms. The predicted octanol–water partition coefficient (Wildman–Crippen LogP) is 4.40. The van der Waals surface area contributed by atoms with Gasteiger partial charge in [0, 0.05) is 43.5 Å². The largest absolute Gasteiger partial charge is 0.343 e. The molecule has 2 atom stereocenters. The third-order valence-electron chi connectivity index (χ3n) is 8.81. The highest BCUT2D eigenvalue weighted by atomic mass is 35.5. The van der Waals surface area contributed by atoms with Crippen molar-refractivity contribution in [1.82, 2.24) is 20.0 Å². The van der Waals surface area contributed by atoms with Crippen LogP contribution in [0.15, 0.2) is 36.5 Å². The summed E-state index contributed by atoms with van der Waals surface area (Å²) in [5, 5.41) is 7.35. The molecule has 0 aliphatic carbocycles. The van der Waals surface area contributed by atoms with E-state index in [1.165, 1.54) is 0 Å². The van der Waals surface area contributed by atoms with E-state index in [4.69, 9.17) is 11.6 Å². The van der Waals surface area contributed by atoms with Gasteiger partial charge in [-0.25, -0.2) is 8.42 Å². The number of carbonyl (C=O) groups excluding carboxylic acids is 3. The van der Waals surface area contributed by atoms with Crippen LogP contribution < -0.4 is 4.72 Å². The van der Waals surface area contributed by atoms with Crippen LogP contribution in [0.2, 0.25) is 5.02 Å². The maximum atomic E-state index is 13.9. The lowest BCUT2D eigenvalue weighted by atomic mass is 9.88. The summed E-state index contributed by atoms with van der Waals surface area (Å²) in [7, 11) is -3.89. The SMILES string of the molecule is CC(C)(C)CN1Cc2c(cc(Cl)c3[nH]ncc23)C[C@@H](CC(=O)N2CCC(C3C(=O)c4ccccc4NS3(=O)=O)CC2)C1=O. The number of benzene rings is 2. The monoisotopic (exact) mass is 625 g/mol. The number of sulfonamides is 1. The fraction of sp³-hybridized carbons (Fsp3) is 0.484. The summed E-state index contributed by atoms with van der Waals surface area (Å²) in [6, 6.07) is 8.51. The zero-order valence-electron chi connectivity index (χ0n) is 24.5. The number of para-hydroxylation sites is 1. The van der Waals surface area contributed by atoms with E-state index in [9.17, 15) is 22.8 Å². The van der Waals surface area contributed by atoms with Gasteiger partial charge in [0.05, 0.1) is 28.3 Å². The predicted molar refractivity (Wildman–Crippen MR) is 164 cm³/mol. The molecule has 2 aromatic carbocycles. The van der Waals surface area contributed by atoms with Gasteiger partial charge < -0.3 is 9.80 Å². The van der Waals surface area contributed by atoms with Crippen LogP contribution in [0.3, 0.4) is 0 Å². The number of fused-ring (bicyclic) bond motifs is 4. The Morgan fingerprint density at radius 2 is 1.86 bits per heavy atom. The Kier molecular flexibility index (Phi) is 7.53. The van der Waals surface area contributed by atoms with Crippen LogP contribution in [0, 0.1) is 17.3 Å². The standard InChI is InChI=1S/C31H36ClN5O5S/c1-31(2,3)17-37-16-23-19(13-24(32)27-22(23)15-33-34-27)12-20(30(37)40)14-26(38)36-10-8-18(9-11-36)29-28(39)21-6-4-5-7-25(21)35-43(29,41)42/h4-7,13,15,18,20,29,35H,8-12,14,16-17H2,1-3H3,(H,33,34)/t20-,29?/m0/s1. The molecule has 43 heavy (non-hydrogen) atoms. The first kappa shape index (κ1) is 29.6. The summed E-state index contributed by atoms with van der Waals surface area (Å²) in [6.45, 7) is 7.84. The number of rotatable bonds is 4. The number of anilines is 1. The number of Topliss-reactive ketones (excluding diaryl/α,β-unsaturated/α-hetero) is 1. The lowest BCUT2D eigenvalue weighted by molar-refractivity contribution is -0.142. The molecular formula is C31H36ClN5O5S. The minimum atomic E-state index is -3.89. The minimum absolute atomic E-state index is 0.0419. The minimum Gasteiger partial charge on any atom is -0.343 e. The van der Waals surface area contributed by atoms with E-state index in [0.29, 0.717) is 61.7 Å². The molecule has 2 amide bonds. The molecule has 3 aliphatic heterocycles. The number of ketones is 1. The number of H-pyrrole nitrogens is 1. The number of likely N-dealkylation sites (tertiary alicyclic amines) is 1. The van der Waals surface area contributed by atoms with E-state index in [1.54, 1.807) is 35.4 Å². The van der Waals surface area contributed by atoms with Crippen LogP contribution >= 0.6 is 11.6 Å². The van der Waals surface area contributed by atoms with Crippen LogP contribution in [0.1, 0.15) is 61.5 Å². The quantitative estimate of drug-likeness (QED) is 0.442. The number of hydrogen-bond donors (Lipinski definition) is 2. The molecule has 228 valence electrons. The second-order valence-corrected chi connectivity index (χ2v) is 15.4. The van der Waals surface area contributed by atoms with Gasteiger partial charge in [-0.3, -0.25) is 24.2 Å². The van der Waals surface area contributed by atoms with Crippen LogP contribution in [-0.2, 0) is 32.6 Å². The summed E-state index contributed by atoms with van der Waals surface area (Å²) in [5.74, 6) is -1.57. The second kappa shape index (κ2) is 10.9. The first-order valence-electron chi connectivity index (χ1n) is 14.7. The van der Waals surface area contributed by atoms with E-state index in [1.807, 2.05) is 11.0 Å². The zero-order valence-corrected chi connectivity index (χ0v) is 26.1. The molecule has 6 rings (SSSR count). The van der Waals surface area contributed by atoms with Gasteiger partial charge in [0.15, 0.2) is 5.78 Å². The molecule has 0 radical (unpaired) electrons. The van der Waals surface area contributed by atoms with Crippen molar-refractivity contribution in [2.24, 2.45) is 17.3 Å². The molecule has 3 aromatic rings. The zero-order chi connectivity index (χ0) is 30.7. The van der Waals surface area contributed by atoms with E-state index < -0.39 is 32.9 Å². The molecule has 1 unspecified atom stereocenters. The third-order valence-corrected chi connectivity index (χ3v) is 10.9. The number of aromatic nitrogens is 2. The molecule has 10 nitrogen and oxygen atoms in total. The van der Waals surface area contributed by atoms with Crippen molar-refractivity contribution in [2.75, 3.05) is 24.4 Å². The highest BCUT2D eigenvalue weighted by molar-refractivity contribution is 7.94. The van der Waals surface area contributed by atoms with Gasteiger partial charge in [0.25, 0.3) is 0 Å². The number of halogens is 1. The number of hydrogen-bond acceptors (Lipinski definition) is 6. The van der Waals surface area contributed by atoms with Crippen molar-refractivity contribution >= 4 is 55.8 Å². The summed E-state index contributed by atoms with van der Waals surface area (Å²) >= 11 is 6.56. The molecule has 1 saturated heterocycles. The van der Waals surface area contributed by atoms with Gasteiger partial charge in [0.1, 0.15) is 5.25 Å². The molecule has 4 heterocycles. The fourth-order valence-electron chi connectivity index (χ4n) is 6.85. The van der Waals surface area contributed by atoms with Crippen molar-refractivity contribution in [3.05, 3.63) is 58.2 Å². The van der Waals surface area contributed by atoms with E-state index >= 15 is 0 Å². The average molecular weight is 626 g/mol. The van der Waals surface area contributed by atoms with Gasteiger partial charge in [-0.05, 0) is 59.9 Å². The number of amides is 2. The fourth-order valence-corrected chi connectivity index (χ4v) is 8.93. The molecule has 0 bridgehead atoms. The lowest BCUT2D eigenvalue weighted by Gasteiger charge is -2.37. The number of carbonyl (C=O) groups is 3. The van der Waals surface area contributed by atoms with E-state index in [0.717, 1.165) is 22.0 Å². The van der Waals surface area contributed by atoms with Gasteiger partial charge in [-0.2, -0.15) is 5.10 Å². The summed E-state index contributed by atoms with van der Waals surface area (Å²) in [6.07, 6.45) is 2.94. The Hall–Kier alpha value is -3.44. The topological polar surface area (TPSA) is 133 Å². The first-order chi connectivity index (χ1) is 20.3. The Morgan fingerprint density at radius 3 is 2.58 bits per heavy atom. The highest BCUT2D eigenvalue weighted by Gasteiger charge is 2.45. The van der Waals surface area contributed by atoms with Gasteiger partial charge >= 0.3 is 0 Å². The van der Waals surface area contributed by atoms with Crippen LogP contribution in [0.25, 0.3) is 10.9 Å². The third kappa shape index (κ3) is 5.64. The molecule has 0 saturated carbocycles. The summed E-state index contributed by atoms with van der Waals surface area (Å²) in [5.41, 5.74) is 3.20. The first-order valence-corrected chi connectivity index (χ1v) is 16.6. The number of piperidine rings is 1. The van der Waals surface area contributed by atoms with Crippen molar-refractivity contribution in [3.63, 3.8) is 0 Å². The van der Waals surface area contributed by atoms with Crippen molar-refractivity contribution in [2.45, 2.75) is 58.2 Å². The number of aromatic amines is 1. The van der Waals surface area contributed by atoms with Gasteiger partial charge in [-0.1, -0.05) is 44.5 Å². The van der Waals surface area contributed by atoms with Crippen molar-refractivity contribution in [1.29, 1.82) is 0 Å². The molecule has 1 fully saturated rings. The van der Waals surface area contributed by atoms with Crippen molar-refractivity contribution < 1.29 is 22.8 Å². The maximum Gasteiger partial charge on any atom is 0.243 e. The van der Waals surface area contributed by atoms with Crippen LogP contribution in [0.5, 0.6) is 0 Å². The molecule has 3 aliphatic rings. The number of nitrogens with one attached hydrogen (secondary N) is 2. The van der Waals surface area contributed by atoms with Crippen molar-refractivity contribution in [3.8, 4) is 0 Å². The molecule has 2 N–H and O–H groups in total. The Bertz CT molecular complexity index is 1720. The average Bonchev–Trinajstić information content (AvgIpc) is 3.40. The molecular weight excluding hydrogens is 590 g/mol. The Morgan fingerprint density at radius 1 is 1.14 bits per heavy atom. The normalized spacial score (nSPS) is 22.6. The summed E-state index contributed by atoms with van der Waals surface area (Å²) < 4.78 is 28.7. The maximum absolute atomic E-state index is 13.9. The Labute approximate surface area is 256 Å². The lowest BCUT2D eigenvalue weighted by Crippen LogP contribution is -2.49. The van der Waals surface area contributed by atoms with Crippen LogP contribution in [0.4, 0.5) is 5.69 Å². The summed E-state index contributed by atoms with van der Waals surface area (Å²) in [4.78, 5) is 44.3. The molecule has 0 spiro atoms. The van der Waals surface area contributed by atoms with Gasteiger partial charge in [-0.15, -0.1) is 0 Å². The Balaban J connectivity index is 1.19. The van der Waals surface area contributed by atoms with Crippen LogP contribution in [-0.4, -0.2) is 70.9 Å². The van der Waals surface area contributed by atoms with E-state index in [2.05, 4.69) is 35.7 Å².